The van der Waals surface area contributed by atoms with E-state index in [1.54, 1.807) is 0 Å². The zero-order valence-corrected chi connectivity index (χ0v) is 30.3. The molecule has 0 radical (unpaired) electrons. The van der Waals surface area contributed by atoms with Gasteiger partial charge < -0.3 is 9.13 Å². The van der Waals surface area contributed by atoms with Gasteiger partial charge in [0, 0.05) is 55.8 Å². The van der Waals surface area contributed by atoms with Gasteiger partial charge in [0.05, 0.1) is 39.7 Å². The molecule has 0 aliphatic rings. The van der Waals surface area contributed by atoms with Crippen LogP contribution in [0.3, 0.4) is 0 Å². The summed E-state index contributed by atoms with van der Waals surface area (Å²) in [4.78, 5) is 14.7. The topological polar surface area (TPSA) is 48.5 Å². The summed E-state index contributed by atoms with van der Waals surface area (Å²) >= 11 is 0. The maximum absolute atomic E-state index is 5.07. The standard InChI is InChI=1S/C51H33N5/c1-4-13-34(14-5-1)44-32-45(54-51(53-44)36-15-6-2-7-16-36)35-23-26-39(27-24-35)56-48-22-12-20-40(50(48)42-29-30-52-33-49(42)56)37-25-28-47-43(31-37)41-19-10-11-21-46(41)55(47)38-17-8-3-9-18-38/h1-33H. The van der Waals surface area contributed by atoms with E-state index < -0.39 is 0 Å². The second kappa shape index (κ2) is 13.0. The van der Waals surface area contributed by atoms with Crippen molar-refractivity contribution in [1.29, 1.82) is 0 Å². The highest BCUT2D eigenvalue weighted by atomic mass is 15.0. The molecule has 0 N–H and O–H groups in total. The minimum atomic E-state index is 0.704. The second-order valence-corrected chi connectivity index (χ2v) is 14.1. The third kappa shape index (κ3) is 5.21. The van der Waals surface area contributed by atoms with Crippen LogP contribution in [-0.4, -0.2) is 24.1 Å². The van der Waals surface area contributed by atoms with Crippen LogP contribution in [0, 0.1) is 0 Å². The van der Waals surface area contributed by atoms with E-state index >= 15 is 0 Å². The molecule has 0 unspecified atom stereocenters. The molecule has 0 spiro atoms. The van der Waals surface area contributed by atoms with E-state index in [2.05, 4.69) is 166 Å². The van der Waals surface area contributed by atoms with Gasteiger partial charge in [0.25, 0.3) is 0 Å². The predicted molar refractivity (Wildman–Crippen MR) is 230 cm³/mol. The summed E-state index contributed by atoms with van der Waals surface area (Å²) in [7, 11) is 0. The molecule has 5 nitrogen and oxygen atoms in total. The third-order valence-corrected chi connectivity index (χ3v) is 10.8. The van der Waals surface area contributed by atoms with Gasteiger partial charge in [0.2, 0.25) is 0 Å². The van der Waals surface area contributed by atoms with Crippen LogP contribution in [0.1, 0.15) is 0 Å². The molecule has 4 aromatic heterocycles. The Bertz CT molecular complexity index is 3160. The average Bonchev–Trinajstić information content (AvgIpc) is 3.80. The molecule has 0 saturated carbocycles. The normalized spacial score (nSPS) is 11.6. The fourth-order valence-electron chi connectivity index (χ4n) is 8.28. The monoisotopic (exact) mass is 715 g/mol. The number of fused-ring (bicyclic) bond motifs is 6. The highest BCUT2D eigenvalue weighted by molar-refractivity contribution is 6.17. The smallest absolute Gasteiger partial charge is 0.160 e. The Balaban J connectivity index is 1.05. The first-order chi connectivity index (χ1) is 27.8. The van der Waals surface area contributed by atoms with Gasteiger partial charge in [-0.15, -0.1) is 0 Å². The lowest BCUT2D eigenvalue weighted by molar-refractivity contribution is 1.16. The highest BCUT2D eigenvalue weighted by Crippen LogP contribution is 2.41. The maximum Gasteiger partial charge on any atom is 0.160 e. The van der Waals surface area contributed by atoms with Crippen molar-refractivity contribution >= 4 is 43.6 Å². The molecular formula is C51H33N5. The number of hydrogen-bond donors (Lipinski definition) is 0. The first-order valence-electron chi connectivity index (χ1n) is 18.9. The van der Waals surface area contributed by atoms with Gasteiger partial charge in [0.1, 0.15) is 0 Å². The molecule has 0 aliphatic carbocycles. The Labute approximate surface area is 323 Å². The van der Waals surface area contributed by atoms with E-state index in [0.29, 0.717) is 5.82 Å². The van der Waals surface area contributed by atoms with Crippen LogP contribution < -0.4 is 0 Å². The highest BCUT2D eigenvalue weighted by Gasteiger charge is 2.19. The number of aromatic nitrogens is 5. The molecular weight excluding hydrogens is 683 g/mol. The molecule has 262 valence electrons. The van der Waals surface area contributed by atoms with E-state index in [4.69, 9.17) is 9.97 Å². The molecule has 11 aromatic rings. The van der Waals surface area contributed by atoms with Gasteiger partial charge in [-0.2, -0.15) is 0 Å². The zero-order valence-electron chi connectivity index (χ0n) is 30.3. The number of hydrogen-bond acceptors (Lipinski definition) is 3. The molecule has 0 bridgehead atoms. The lowest BCUT2D eigenvalue weighted by Crippen LogP contribution is -1.97. The number of para-hydroxylation sites is 2. The fraction of sp³-hybridized carbons (Fsp3) is 0. The van der Waals surface area contributed by atoms with Crippen LogP contribution in [0.5, 0.6) is 0 Å². The van der Waals surface area contributed by atoms with E-state index in [0.717, 1.165) is 55.9 Å². The van der Waals surface area contributed by atoms with Crippen molar-refractivity contribution in [2.45, 2.75) is 0 Å². The van der Waals surface area contributed by atoms with Crippen molar-refractivity contribution in [2.24, 2.45) is 0 Å². The SMILES string of the molecule is c1ccc(-c2cc(-c3ccc(-n4c5cnccc5c5c(-c6ccc7c(c6)c6ccccc6n7-c6ccccc6)cccc54)cc3)nc(-c3ccccc3)n2)cc1. The molecule has 0 amide bonds. The Morgan fingerprint density at radius 2 is 0.946 bits per heavy atom. The number of rotatable bonds is 6. The van der Waals surface area contributed by atoms with Crippen LogP contribution in [-0.2, 0) is 0 Å². The third-order valence-electron chi connectivity index (χ3n) is 10.8. The van der Waals surface area contributed by atoms with Crippen molar-refractivity contribution in [3.05, 3.63) is 200 Å². The summed E-state index contributed by atoms with van der Waals surface area (Å²) < 4.78 is 4.69. The summed E-state index contributed by atoms with van der Waals surface area (Å²) in [6, 6.07) is 66.3. The van der Waals surface area contributed by atoms with Crippen molar-refractivity contribution in [3.63, 3.8) is 0 Å². The van der Waals surface area contributed by atoms with Crippen molar-refractivity contribution in [3.8, 4) is 56.4 Å². The first-order valence-corrected chi connectivity index (χ1v) is 18.9. The minimum absolute atomic E-state index is 0.704. The largest absolute Gasteiger partial charge is 0.309 e. The summed E-state index contributed by atoms with van der Waals surface area (Å²) in [6.45, 7) is 0. The Hall–Kier alpha value is -7.63. The molecule has 0 fully saturated rings. The first kappa shape index (κ1) is 31.9. The molecule has 0 aliphatic heterocycles. The van der Waals surface area contributed by atoms with Gasteiger partial charge >= 0.3 is 0 Å². The van der Waals surface area contributed by atoms with Gasteiger partial charge in [-0.25, -0.2) is 9.97 Å². The summed E-state index contributed by atoms with van der Waals surface area (Å²) in [6.07, 6.45) is 3.87. The van der Waals surface area contributed by atoms with Crippen LogP contribution >= 0.6 is 0 Å². The summed E-state index contributed by atoms with van der Waals surface area (Å²) in [5.41, 5.74) is 14.0. The second-order valence-electron chi connectivity index (χ2n) is 14.1. The zero-order chi connectivity index (χ0) is 37.0. The van der Waals surface area contributed by atoms with E-state index in [1.165, 1.54) is 38.3 Å². The molecule has 4 heterocycles. The van der Waals surface area contributed by atoms with Crippen molar-refractivity contribution in [1.82, 2.24) is 24.1 Å². The summed E-state index contributed by atoms with van der Waals surface area (Å²) in [5.74, 6) is 0.704. The van der Waals surface area contributed by atoms with E-state index in [9.17, 15) is 0 Å². The molecule has 11 rings (SSSR count). The van der Waals surface area contributed by atoms with Crippen LogP contribution in [0.15, 0.2) is 200 Å². The maximum atomic E-state index is 5.07. The molecule has 5 heteroatoms. The average molecular weight is 716 g/mol. The van der Waals surface area contributed by atoms with Crippen LogP contribution in [0.2, 0.25) is 0 Å². The molecule has 7 aromatic carbocycles. The Morgan fingerprint density at radius 1 is 0.357 bits per heavy atom. The number of benzene rings is 7. The number of nitrogens with zero attached hydrogens (tertiary/aromatic N) is 5. The summed E-state index contributed by atoms with van der Waals surface area (Å²) in [5, 5.41) is 4.84. The van der Waals surface area contributed by atoms with Gasteiger partial charge in [0.15, 0.2) is 5.82 Å². The molecule has 0 atom stereocenters. The van der Waals surface area contributed by atoms with Gasteiger partial charge in [-0.05, 0) is 71.8 Å². The van der Waals surface area contributed by atoms with Crippen LogP contribution in [0.25, 0.3) is 100 Å². The Kier molecular flexibility index (Phi) is 7.42. The lowest BCUT2D eigenvalue weighted by Gasteiger charge is -2.12. The van der Waals surface area contributed by atoms with Gasteiger partial charge in [-0.1, -0.05) is 127 Å². The van der Waals surface area contributed by atoms with E-state index in [-0.39, 0.29) is 0 Å². The number of pyridine rings is 1. The van der Waals surface area contributed by atoms with Crippen molar-refractivity contribution < 1.29 is 0 Å². The van der Waals surface area contributed by atoms with Crippen LogP contribution in [0.4, 0.5) is 0 Å². The van der Waals surface area contributed by atoms with E-state index in [1.807, 2.05) is 48.8 Å². The predicted octanol–water partition coefficient (Wildman–Crippen LogP) is 12.7. The minimum Gasteiger partial charge on any atom is -0.309 e. The fourth-order valence-corrected chi connectivity index (χ4v) is 8.28. The Morgan fingerprint density at radius 3 is 1.71 bits per heavy atom. The molecule has 56 heavy (non-hydrogen) atoms. The lowest BCUT2D eigenvalue weighted by atomic mass is 9.98. The van der Waals surface area contributed by atoms with Gasteiger partial charge in [-0.3, -0.25) is 4.98 Å². The quantitative estimate of drug-likeness (QED) is 0.172. The van der Waals surface area contributed by atoms with Crippen molar-refractivity contribution in [2.75, 3.05) is 0 Å². The molecule has 0 saturated heterocycles.